The highest BCUT2D eigenvalue weighted by atomic mass is 16.5. The van der Waals surface area contributed by atoms with Crippen LogP contribution in [0.5, 0.6) is 0 Å². The smallest absolute Gasteiger partial charge is 0.259 e. The third-order valence-electron chi connectivity index (χ3n) is 4.94. The van der Waals surface area contributed by atoms with E-state index < -0.39 is 0 Å². The van der Waals surface area contributed by atoms with Crippen LogP contribution in [0.1, 0.15) is 42.3 Å². The second-order valence-electron chi connectivity index (χ2n) is 6.83. The van der Waals surface area contributed by atoms with Crippen LogP contribution in [-0.2, 0) is 4.74 Å². The molecule has 1 saturated heterocycles. The van der Waals surface area contributed by atoms with Crippen molar-refractivity contribution in [3.8, 4) is 11.4 Å². The van der Waals surface area contributed by atoms with Gasteiger partial charge in [-0.3, -0.25) is 9.78 Å². The standard InChI is InChI=1S/C18H21N3O3/c1-12-10-21(11-18(23-12)7-5-8-18)17(22)15-13(2)24-20-16(15)14-6-3-4-9-19-14/h3-4,6,9,12H,5,7-8,10-11H2,1-2H3. The van der Waals surface area contributed by atoms with Crippen molar-refractivity contribution in [2.45, 2.75) is 44.8 Å². The first-order chi connectivity index (χ1) is 11.6. The fourth-order valence-electron chi connectivity index (χ4n) is 3.69. The Morgan fingerprint density at radius 3 is 2.88 bits per heavy atom. The molecule has 2 fully saturated rings. The number of rotatable bonds is 2. The summed E-state index contributed by atoms with van der Waals surface area (Å²) in [6.07, 6.45) is 4.95. The molecule has 3 heterocycles. The van der Waals surface area contributed by atoms with Gasteiger partial charge in [-0.2, -0.15) is 0 Å². The highest BCUT2D eigenvalue weighted by Crippen LogP contribution is 2.40. The molecule has 1 saturated carbocycles. The third kappa shape index (κ3) is 2.51. The third-order valence-corrected chi connectivity index (χ3v) is 4.94. The minimum absolute atomic E-state index is 0.0430. The molecule has 1 aliphatic carbocycles. The predicted octanol–water partition coefficient (Wildman–Crippen LogP) is 2.83. The topological polar surface area (TPSA) is 68.5 Å². The lowest BCUT2D eigenvalue weighted by molar-refractivity contribution is -0.176. The zero-order valence-electron chi connectivity index (χ0n) is 14.0. The molecule has 0 bridgehead atoms. The summed E-state index contributed by atoms with van der Waals surface area (Å²) in [5.41, 5.74) is 1.53. The summed E-state index contributed by atoms with van der Waals surface area (Å²) in [5, 5.41) is 4.08. The van der Waals surface area contributed by atoms with Crippen molar-refractivity contribution in [2.75, 3.05) is 13.1 Å². The predicted molar refractivity (Wildman–Crippen MR) is 87.5 cm³/mol. The second-order valence-corrected chi connectivity index (χ2v) is 6.83. The van der Waals surface area contributed by atoms with E-state index in [-0.39, 0.29) is 17.6 Å². The molecule has 1 spiro atoms. The number of hydrogen-bond acceptors (Lipinski definition) is 5. The summed E-state index contributed by atoms with van der Waals surface area (Å²) in [6.45, 7) is 5.03. The van der Waals surface area contributed by atoms with E-state index in [1.807, 2.05) is 30.0 Å². The fraction of sp³-hybridized carbons (Fsp3) is 0.500. The molecule has 4 rings (SSSR count). The molecule has 1 atom stereocenters. The number of ether oxygens (including phenoxy) is 1. The van der Waals surface area contributed by atoms with Crippen LogP contribution in [0.4, 0.5) is 0 Å². The maximum Gasteiger partial charge on any atom is 0.259 e. The van der Waals surface area contributed by atoms with Crippen molar-refractivity contribution >= 4 is 5.91 Å². The van der Waals surface area contributed by atoms with Gasteiger partial charge in [-0.25, -0.2) is 0 Å². The number of aryl methyl sites for hydroxylation is 1. The number of hydrogen-bond donors (Lipinski definition) is 0. The van der Waals surface area contributed by atoms with Crippen LogP contribution in [-0.4, -0.2) is 45.7 Å². The van der Waals surface area contributed by atoms with E-state index in [2.05, 4.69) is 10.1 Å². The van der Waals surface area contributed by atoms with E-state index >= 15 is 0 Å². The largest absolute Gasteiger partial charge is 0.368 e. The van der Waals surface area contributed by atoms with Crippen molar-refractivity contribution < 1.29 is 14.1 Å². The molecular formula is C18H21N3O3. The summed E-state index contributed by atoms with van der Waals surface area (Å²) in [4.78, 5) is 19.4. The van der Waals surface area contributed by atoms with Gasteiger partial charge in [0.2, 0.25) is 0 Å². The van der Waals surface area contributed by atoms with Gasteiger partial charge in [0, 0.05) is 12.7 Å². The lowest BCUT2D eigenvalue weighted by atomic mass is 9.78. The SMILES string of the molecule is Cc1onc(-c2ccccn2)c1C(=O)N1CC(C)OC2(CCC2)C1. The molecule has 0 aromatic carbocycles. The van der Waals surface area contributed by atoms with Crippen LogP contribution in [0, 0.1) is 6.92 Å². The summed E-state index contributed by atoms with van der Waals surface area (Å²) in [5.74, 6) is 0.485. The molecule has 0 N–H and O–H groups in total. The average molecular weight is 327 g/mol. The van der Waals surface area contributed by atoms with Crippen molar-refractivity contribution in [3.63, 3.8) is 0 Å². The van der Waals surface area contributed by atoms with Gasteiger partial charge in [0.1, 0.15) is 17.0 Å². The van der Waals surface area contributed by atoms with E-state index in [9.17, 15) is 4.79 Å². The van der Waals surface area contributed by atoms with Gasteiger partial charge < -0.3 is 14.2 Å². The Labute approximate surface area is 140 Å². The highest BCUT2D eigenvalue weighted by Gasteiger charge is 2.46. The Kier molecular flexibility index (Phi) is 3.64. The molecule has 24 heavy (non-hydrogen) atoms. The number of carbonyl (C=O) groups excluding carboxylic acids is 1. The monoisotopic (exact) mass is 327 g/mol. The first-order valence-electron chi connectivity index (χ1n) is 8.43. The van der Waals surface area contributed by atoms with Crippen LogP contribution in [0.25, 0.3) is 11.4 Å². The molecule has 2 aromatic heterocycles. The second kappa shape index (κ2) is 5.70. The Balaban J connectivity index is 1.66. The van der Waals surface area contributed by atoms with Crippen molar-refractivity contribution in [1.29, 1.82) is 0 Å². The van der Waals surface area contributed by atoms with E-state index in [1.165, 1.54) is 6.42 Å². The zero-order chi connectivity index (χ0) is 16.7. The van der Waals surface area contributed by atoms with Crippen LogP contribution in [0.3, 0.4) is 0 Å². The Bertz CT molecular complexity index is 752. The summed E-state index contributed by atoms with van der Waals surface area (Å²) in [7, 11) is 0. The molecule has 0 radical (unpaired) electrons. The summed E-state index contributed by atoms with van der Waals surface area (Å²) < 4.78 is 11.4. The maximum absolute atomic E-state index is 13.2. The van der Waals surface area contributed by atoms with Gasteiger partial charge in [-0.15, -0.1) is 0 Å². The molecule has 6 nitrogen and oxygen atoms in total. The lowest BCUT2D eigenvalue weighted by Crippen LogP contribution is -2.59. The Morgan fingerprint density at radius 1 is 1.38 bits per heavy atom. The van der Waals surface area contributed by atoms with E-state index in [0.29, 0.717) is 35.8 Å². The first-order valence-corrected chi connectivity index (χ1v) is 8.43. The van der Waals surface area contributed by atoms with Crippen molar-refractivity contribution in [1.82, 2.24) is 15.0 Å². The van der Waals surface area contributed by atoms with Crippen LogP contribution in [0.15, 0.2) is 28.9 Å². The van der Waals surface area contributed by atoms with Gasteiger partial charge in [0.15, 0.2) is 0 Å². The number of nitrogens with zero attached hydrogens (tertiary/aromatic N) is 3. The van der Waals surface area contributed by atoms with Crippen LogP contribution >= 0.6 is 0 Å². The number of pyridine rings is 1. The minimum Gasteiger partial charge on any atom is -0.368 e. The molecule has 1 unspecified atom stereocenters. The summed E-state index contributed by atoms with van der Waals surface area (Å²) in [6, 6.07) is 5.55. The maximum atomic E-state index is 13.2. The average Bonchev–Trinajstić information content (AvgIpc) is 2.94. The highest BCUT2D eigenvalue weighted by molar-refractivity contribution is 6.00. The number of aromatic nitrogens is 2. The molecule has 126 valence electrons. The van der Waals surface area contributed by atoms with Gasteiger partial charge in [-0.05, 0) is 45.2 Å². The van der Waals surface area contributed by atoms with Crippen molar-refractivity contribution in [2.24, 2.45) is 0 Å². The molecule has 2 aliphatic rings. The van der Waals surface area contributed by atoms with E-state index in [1.54, 1.807) is 13.1 Å². The van der Waals surface area contributed by atoms with Crippen molar-refractivity contribution in [3.05, 3.63) is 35.7 Å². The zero-order valence-corrected chi connectivity index (χ0v) is 14.0. The molecular weight excluding hydrogens is 306 g/mol. The van der Waals surface area contributed by atoms with Crippen LogP contribution in [0.2, 0.25) is 0 Å². The number of amides is 1. The first kappa shape index (κ1) is 15.3. The van der Waals surface area contributed by atoms with E-state index in [4.69, 9.17) is 9.26 Å². The molecule has 1 amide bonds. The molecule has 1 aliphatic heterocycles. The van der Waals surface area contributed by atoms with Gasteiger partial charge in [0.25, 0.3) is 5.91 Å². The van der Waals surface area contributed by atoms with Gasteiger partial charge in [-0.1, -0.05) is 11.2 Å². The van der Waals surface area contributed by atoms with Gasteiger partial charge >= 0.3 is 0 Å². The quantitative estimate of drug-likeness (QED) is 0.848. The fourth-order valence-corrected chi connectivity index (χ4v) is 3.69. The lowest BCUT2D eigenvalue weighted by Gasteiger charge is -2.50. The molecule has 2 aromatic rings. The Morgan fingerprint density at radius 2 is 2.21 bits per heavy atom. The summed E-state index contributed by atoms with van der Waals surface area (Å²) >= 11 is 0. The normalized spacial score (nSPS) is 22.4. The van der Waals surface area contributed by atoms with Gasteiger partial charge in [0.05, 0.1) is 23.9 Å². The number of morpholine rings is 1. The Hall–Kier alpha value is -2.21. The minimum atomic E-state index is -0.149. The van der Waals surface area contributed by atoms with Crippen LogP contribution < -0.4 is 0 Å². The number of carbonyl (C=O) groups is 1. The molecule has 6 heteroatoms. The van der Waals surface area contributed by atoms with E-state index in [0.717, 1.165) is 12.8 Å².